The van der Waals surface area contributed by atoms with Gasteiger partial charge in [0.15, 0.2) is 11.5 Å². The van der Waals surface area contributed by atoms with Crippen LogP contribution >= 0.6 is 0 Å². The van der Waals surface area contributed by atoms with Gasteiger partial charge in [0, 0.05) is 31.7 Å². The van der Waals surface area contributed by atoms with Crippen LogP contribution in [0.4, 0.5) is 11.6 Å². The highest BCUT2D eigenvalue weighted by molar-refractivity contribution is 5.60. The fourth-order valence-corrected chi connectivity index (χ4v) is 4.56. The maximum absolute atomic E-state index is 6.14. The van der Waals surface area contributed by atoms with Gasteiger partial charge in [-0.05, 0) is 57.8 Å². The molecule has 1 aliphatic rings. The van der Waals surface area contributed by atoms with Gasteiger partial charge in [-0.2, -0.15) is 4.98 Å². The van der Waals surface area contributed by atoms with Crippen molar-refractivity contribution in [1.82, 2.24) is 29.5 Å². The Morgan fingerprint density at radius 1 is 1.15 bits per heavy atom. The van der Waals surface area contributed by atoms with Crippen LogP contribution in [0.3, 0.4) is 0 Å². The Balaban J connectivity index is 1.52. The fraction of sp³-hybridized carbons (Fsp3) is 0.583. The van der Waals surface area contributed by atoms with Crippen molar-refractivity contribution in [2.75, 3.05) is 37.8 Å². The summed E-state index contributed by atoms with van der Waals surface area (Å²) in [6, 6.07) is 3.16. The number of piperidine rings is 1. The molecule has 9 nitrogen and oxygen atoms in total. The van der Waals surface area contributed by atoms with E-state index in [0.29, 0.717) is 29.9 Å². The van der Waals surface area contributed by atoms with Crippen LogP contribution in [0.15, 0.2) is 18.5 Å². The van der Waals surface area contributed by atoms with E-state index in [2.05, 4.69) is 65.8 Å². The fourth-order valence-electron chi connectivity index (χ4n) is 4.56. The summed E-state index contributed by atoms with van der Waals surface area (Å²) >= 11 is 0. The second kappa shape index (κ2) is 9.91. The number of aryl methyl sites for hydroxylation is 1. The molecule has 3 aromatic heterocycles. The molecule has 0 atom stereocenters. The quantitative estimate of drug-likeness (QED) is 0.557. The van der Waals surface area contributed by atoms with Gasteiger partial charge in [0.05, 0.1) is 11.9 Å². The molecule has 2 N–H and O–H groups in total. The lowest BCUT2D eigenvalue weighted by molar-refractivity contribution is 0.174. The summed E-state index contributed by atoms with van der Waals surface area (Å²) in [5, 5.41) is 4.57. The van der Waals surface area contributed by atoms with Crippen molar-refractivity contribution in [2.45, 2.75) is 65.0 Å². The van der Waals surface area contributed by atoms with E-state index >= 15 is 0 Å². The maximum Gasteiger partial charge on any atom is 0.336 e. The predicted octanol–water partition coefficient (Wildman–Crippen LogP) is 3.10. The Kier molecular flexibility index (Phi) is 6.97. The number of nitrogen functional groups attached to an aromatic ring is 1. The van der Waals surface area contributed by atoms with Gasteiger partial charge in [0.1, 0.15) is 11.9 Å². The number of pyridine rings is 1. The normalized spacial score (nSPS) is 15.2. The minimum atomic E-state index is 0.0657. The first kappa shape index (κ1) is 23.2. The van der Waals surface area contributed by atoms with E-state index in [-0.39, 0.29) is 6.10 Å². The topological polar surface area (TPSA) is 97.7 Å². The molecule has 1 fully saturated rings. The largest absolute Gasteiger partial charge is 0.459 e. The van der Waals surface area contributed by atoms with Crippen LogP contribution in [0.25, 0.3) is 5.65 Å². The van der Waals surface area contributed by atoms with E-state index in [9.17, 15) is 0 Å². The Morgan fingerprint density at radius 3 is 2.52 bits per heavy atom. The highest BCUT2D eigenvalue weighted by Crippen LogP contribution is 2.25. The molecular formula is C24H36N8O. The Bertz CT molecular complexity index is 1080. The predicted molar refractivity (Wildman–Crippen MR) is 131 cm³/mol. The number of rotatable bonds is 8. The molecule has 178 valence electrons. The maximum atomic E-state index is 6.14. The molecule has 0 unspecified atom stereocenters. The first-order chi connectivity index (χ1) is 15.9. The third kappa shape index (κ3) is 5.03. The summed E-state index contributed by atoms with van der Waals surface area (Å²) in [7, 11) is 4.33. The lowest BCUT2D eigenvalue weighted by Gasteiger charge is -2.36. The molecule has 4 heterocycles. The number of ether oxygens (including phenoxy) is 1. The lowest BCUT2D eigenvalue weighted by atomic mass is 10.0. The van der Waals surface area contributed by atoms with Crippen molar-refractivity contribution in [3.63, 3.8) is 0 Å². The zero-order valence-corrected chi connectivity index (χ0v) is 20.5. The smallest absolute Gasteiger partial charge is 0.336 e. The van der Waals surface area contributed by atoms with Gasteiger partial charge in [0.2, 0.25) is 0 Å². The van der Waals surface area contributed by atoms with Crippen molar-refractivity contribution in [3.05, 3.63) is 35.3 Å². The van der Waals surface area contributed by atoms with E-state index in [1.807, 2.05) is 6.20 Å². The van der Waals surface area contributed by atoms with Gasteiger partial charge in [-0.25, -0.2) is 14.5 Å². The van der Waals surface area contributed by atoms with E-state index < -0.39 is 0 Å². The van der Waals surface area contributed by atoms with Crippen molar-refractivity contribution in [2.24, 2.45) is 0 Å². The minimum Gasteiger partial charge on any atom is -0.459 e. The molecule has 0 radical (unpaired) electrons. The molecule has 0 aromatic carbocycles. The number of nitrogens with two attached hydrogens (primary N) is 1. The molecule has 33 heavy (non-hydrogen) atoms. The molecule has 1 saturated heterocycles. The van der Waals surface area contributed by atoms with Crippen molar-refractivity contribution in [1.29, 1.82) is 0 Å². The van der Waals surface area contributed by atoms with Crippen LogP contribution in [0.5, 0.6) is 6.01 Å². The molecule has 0 spiro atoms. The average Bonchev–Trinajstić information content (AvgIpc) is 3.20. The molecular weight excluding hydrogens is 416 g/mol. The SMILES string of the molecule is CCC(CC)Oc1nc(N)c2ncc(Cc3cnc(N4CCC(N(C)C)CC4)c(C)c3)n2n1. The highest BCUT2D eigenvalue weighted by atomic mass is 16.5. The number of imidazole rings is 1. The second-order valence-corrected chi connectivity index (χ2v) is 9.16. The van der Waals surface area contributed by atoms with Crippen molar-refractivity contribution < 1.29 is 4.74 Å². The van der Waals surface area contributed by atoms with Crippen molar-refractivity contribution >= 4 is 17.3 Å². The van der Waals surface area contributed by atoms with Gasteiger partial charge < -0.3 is 20.3 Å². The Hall–Kier alpha value is -2.94. The molecule has 0 bridgehead atoms. The third-order valence-electron chi connectivity index (χ3n) is 6.61. The molecule has 3 aromatic rings. The average molecular weight is 453 g/mol. The van der Waals surface area contributed by atoms with Gasteiger partial charge in [-0.1, -0.05) is 19.9 Å². The lowest BCUT2D eigenvalue weighted by Crippen LogP contribution is -2.42. The van der Waals surface area contributed by atoms with Gasteiger partial charge in [-0.3, -0.25) is 0 Å². The minimum absolute atomic E-state index is 0.0657. The number of hydrogen-bond acceptors (Lipinski definition) is 8. The van der Waals surface area contributed by atoms with Crippen molar-refractivity contribution in [3.8, 4) is 6.01 Å². The number of nitrogens with zero attached hydrogens (tertiary/aromatic N) is 7. The van der Waals surface area contributed by atoms with Crippen LogP contribution < -0.4 is 15.4 Å². The van der Waals surface area contributed by atoms with E-state index in [4.69, 9.17) is 15.5 Å². The number of anilines is 2. The zero-order valence-electron chi connectivity index (χ0n) is 20.5. The van der Waals surface area contributed by atoms with Gasteiger partial charge in [0.25, 0.3) is 0 Å². The Labute approximate surface area is 196 Å². The number of fused-ring (bicyclic) bond motifs is 1. The highest BCUT2D eigenvalue weighted by Gasteiger charge is 2.22. The molecule has 0 amide bonds. The van der Waals surface area contributed by atoms with Crippen LogP contribution in [0.1, 0.15) is 56.4 Å². The van der Waals surface area contributed by atoms with E-state index in [1.54, 1.807) is 10.7 Å². The monoisotopic (exact) mass is 452 g/mol. The molecule has 1 aliphatic heterocycles. The molecule has 4 rings (SSSR count). The summed E-state index contributed by atoms with van der Waals surface area (Å²) in [6.45, 7) is 8.39. The van der Waals surface area contributed by atoms with Crippen LogP contribution in [-0.4, -0.2) is 68.8 Å². The standard InChI is InChI=1S/C24H36N8O/c1-6-20(7-2)33-24-28-21(25)23-27-15-19(32(23)29-24)13-17-12-16(3)22(26-14-17)31-10-8-18(9-11-31)30(4)5/h12,14-15,18,20H,6-11,13H2,1-5H3,(H2,25,28,29). The summed E-state index contributed by atoms with van der Waals surface area (Å²) in [4.78, 5) is 18.3. The number of aromatic nitrogens is 5. The molecule has 0 saturated carbocycles. The zero-order chi connectivity index (χ0) is 23.5. The molecule has 9 heteroatoms. The second-order valence-electron chi connectivity index (χ2n) is 9.16. The first-order valence-corrected chi connectivity index (χ1v) is 11.9. The summed E-state index contributed by atoms with van der Waals surface area (Å²) in [5.41, 5.74) is 9.92. The first-order valence-electron chi connectivity index (χ1n) is 11.9. The summed E-state index contributed by atoms with van der Waals surface area (Å²) in [6.07, 6.45) is 8.59. The van der Waals surface area contributed by atoms with E-state index in [1.165, 1.54) is 18.4 Å². The van der Waals surface area contributed by atoms with Crippen LogP contribution in [-0.2, 0) is 6.42 Å². The van der Waals surface area contributed by atoms with Gasteiger partial charge in [-0.15, -0.1) is 5.10 Å². The van der Waals surface area contributed by atoms with E-state index in [0.717, 1.165) is 43.0 Å². The Morgan fingerprint density at radius 2 is 1.88 bits per heavy atom. The number of hydrogen-bond donors (Lipinski definition) is 1. The van der Waals surface area contributed by atoms with Crippen LogP contribution in [0, 0.1) is 6.92 Å². The molecule has 0 aliphatic carbocycles. The van der Waals surface area contributed by atoms with Crippen LogP contribution in [0.2, 0.25) is 0 Å². The van der Waals surface area contributed by atoms with Gasteiger partial charge >= 0.3 is 6.01 Å². The summed E-state index contributed by atoms with van der Waals surface area (Å²) in [5.74, 6) is 1.41. The third-order valence-corrected chi connectivity index (χ3v) is 6.61. The summed E-state index contributed by atoms with van der Waals surface area (Å²) < 4.78 is 7.67.